The third-order valence-corrected chi connectivity index (χ3v) is 2.49. The van der Waals surface area contributed by atoms with Gasteiger partial charge in [0, 0.05) is 11.8 Å². The monoisotopic (exact) mass is 274 g/mol. The molecule has 0 aliphatic carbocycles. The Labute approximate surface area is 117 Å². The number of nitrogens with two attached hydrogens (primary N) is 1. The number of nitrogen functional groups attached to an aromatic ring is 1. The van der Waals surface area contributed by atoms with Crippen molar-refractivity contribution in [1.82, 2.24) is 9.97 Å². The van der Waals surface area contributed by atoms with E-state index in [4.69, 9.17) is 15.3 Å². The maximum Gasteiger partial charge on any atom is 0.240 e. The topological polar surface area (TPSA) is 82.3 Å². The Bertz CT molecular complexity index is 575. The van der Waals surface area contributed by atoms with Gasteiger partial charge in [0.05, 0.1) is 6.61 Å². The van der Waals surface area contributed by atoms with E-state index in [2.05, 4.69) is 22.3 Å². The summed E-state index contributed by atoms with van der Waals surface area (Å²) in [5.74, 6) is 7.35. The molecule has 6 nitrogen and oxygen atoms in total. The number of nitrogens with one attached hydrogen (secondary N) is 1. The summed E-state index contributed by atoms with van der Waals surface area (Å²) in [6.45, 7) is 4.53. The van der Waals surface area contributed by atoms with Crippen LogP contribution in [0.5, 0.6) is 17.4 Å². The van der Waals surface area contributed by atoms with Crippen molar-refractivity contribution < 1.29 is 9.47 Å². The van der Waals surface area contributed by atoms with E-state index in [1.807, 2.05) is 31.2 Å². The number of para-hydroxylation sites is 2. The normalized spacial score (nSPS) is 10.2. The highest BCUT2D eigenvalue weighted by molar-refractivity contribution is 5.42. The van der Waals surface area contributed by atoms with E-state index in [1.54, 1.807) is 6.07 Å². The Morgan fingerprint density at radius 3 is 2.65 bits per heavy atom. The van der Waals surface area contributed by atoms with Gasteiger partial charge in [0.25, 0.3) is 0 Å². The van der Waals surface area contributed by atoms with E-state index < -0.39 is 0 Å². The lowest BCUT2D eigenvalue weighted by atomic mass is 10.3. The number of ether oxygens (including phenoxy) is 2. The average molecular weight is 274 g/mol. The molecule has 0 saturated carbocycles. The fourth-order valence-corrected chi connectivity index (χ4v) is 1.63. The first kappa shape index (κ1) is 14.1. The molecular weight excluding hydrogens is 256 g/mol. The molecule has 106 valence electrons. The molecule has 3 N–H and O–H groups in total. The first-order chi connectivity index (χ1) is 9.72. The van der Waals surface area contributed by atoms with E-state index in [1.165, 1.54) is 0 Å². The molecule has 1 aromatic heterocycles. The molecule has 2 aromatic rings. The summed E-state index contributed by atoms with van der Waals surface area (Å²) in [4.78, 5) is 8.25. The van der Waals surface area contributed by atoms with Crippen molar-refractivity contribution in [3.8, 4) is 17.4 Å². The highest BCUT2D eigenvalue weighted by Gasteiger charge is 2.08. The second kappa shape index (κ2) is 6.72. The van der Waals surface area contributed by atoms with Crippen LogP contribution in [-0.4, -0.2) is 16.6 Å². The Morgan fingerprint density at radius 2 is 1.95 bits per heavy atom. The van der Waals surface area contributed by atoms with E-state index in [0.29, 0.717) is 29.9 Å². The highest BCUT2D eigenvalue weighted by Crippen LogP contribution is 2.30. The van der Waals surface area contributed by atoms with Crippen molar-refractivity contribution in [2.75, 3.05) is 12.0 Å². The van der Waals surface area contributed by atoms with Crippen LogP contribution in [0, 0.1) is 6.92 Å². The highest BCUT2D eigenvalue weighted by atomic mass is 16.5. The molecule has 1 heterocycles. The predicted octanol–water partition coefficient (Wildman–Crippen LogP) is 2.65. The number of rotatable bonds is 6. The van der Waals surface area contributed by atoms with Gasteiger partial charge in [-0.25, -0.2) is 10.8 Å². The average Bonchev–Trinajstić information content (AvgIpc) is 2.45. The summed E-state index contributed by atoms with van der Waals surface area (Å²) in [5.41, 5.74) is 3.17. The second-order valence-corrected chi connectivity index (χ2v) is 4.21. The number of benzene rings is 1. The van der Waals surface area contributed by atoms with E-state index >= 15 is 0 Å². The molecule has 0 bridgehead atoms. The molecule has 0 unspecified atom stereocenters. The van der Waals surface area contributed by atoms with Crippen molar-refractivity contribution >= 4 is 5.95 Å². The van der Waals surface area contributed by atoms with Crippen LogP contribution < -0.4 is 20.7 Å². The van der Waals surface area contributed by atoms with Crippen molar-refractivity contribution in [1.29, 1.82) is 0 Å². The van der Waals surface area contributed by atoms with Gasteiger partial charge in [-0.3, -0.25) is 5.43 Å². The Kier molecular flexibility index (Phi) is 4.73. The van der Waals surface area contributed by atoms with Crippen LogP contribution >= 0.6 is 0 Å². The SMILES string of the molecule is CCCOc1ccccc1Oc1cc(C)nc(NN)n1. The Morgan fingerprint density at radius 1 is 1.20 bits per heavy atom. The van der Waals surface area contributed by atoms with Gasteiger partial charge in [-0.1, -0.05) is 19.1 Å². The minimum absolute atomic E-state index is 0.312. The maximum atomic E-state index is 5.76. The van der Waals surface area contributed by atoms with Gasteiger partial charge in [0.2, 0.25) is 11.8 Å². The molecule has 0 fully saturated rings. The zero-order valence-corrected chi connectivity index (χ0v) is 11.6. The maximum absolute atomic E-state index is 5.76. The van der Waals surface area contributed by atoms with Gasteiger partial charge in [-0.15, -0.1) is 0 Å². The lowest BCUT2D eigenvalue weighted by molar-refractivity contribution is 0.300. The van der Waals surface area contributed by atoms with Gasteiger partial charge in [-0.05, 0) is 25.5 Å². The molecular formula is C14H18N4O2. The summed E-state index contributed by atoms with van der Waals surface area (Å²) < 4.78 is 11.4. The van der Waals surface area contributed by atoms with Crippen LogP contribution in [0.25, 0.3) is 0 Å². The van der Waals surface area contributed by atoms with E-state index in [0.717, 1.165) is 12.1 Å². The molecule has 6 heteroatoms. The van der Waals surface area contributed by atoms with Crippen LogP contribution in [0.1, 0.15) is 19.0 Å². The van der Waals surface area contributed by atoms with E-state index in [-0.39, 0.29) is 0 Å². The fourth-order valence-electron chi connectivity index (χ4n) is 1.63. The Balaban J connectivity index is 2.23. The molecule has 0 atom stereocenters. The molecule has 0 saturated heterocycles. The molecule has 0 radical (unpaired) electrons. The molecule has 0 aliphatic heterocycles. The first-order valence-corrected chi connectivity index (χ1v) is 6.45. The summed E-state index contributed by atoms with van der Waals surface area (Å²) in [6.07, 6.45) is 0.933. The molecule has 20 heavy (non-hydrogen) atoms. The van der Waals surface area contributed by atoms with Gasteiger partial charge in [0.1, 0.15) is 0 Å². The van der Waals surface area contributed by atoms with Gasteiger partial charge >= 0.3 is 0 Å². The number of aromatic nitrogens is 2. The zero-order valence-electron chi connectivity index (χ0n) is 11.6. The number of anilines is 1. The molecule has 0 amide bonds. The fraction of sp³-hybridized carbons (Fsp3) is 0.286. The van der Waals surface area contributed by atoms with E-state index in [9.17, 15) is 0 Å². The molecule has 0 aliphatic rings. The summed E-state index contributed by atoms with van der Waals surface area (Å²) in [7, 11) is 0. The van der Waals surface area contributed by atoms with Crippen LogP contribution in [-0.2, 0) is 0 Å². The van der Waals surface area contributed by atoms with Crippen molar-refractivity contribution in [3.63, 3.8) is 0 Å². The van der Waals surface area contributed by atoms with Gasteiger partial charge in [0.15, 0.2) is 11.5 Å². The van der Waals surface area contributed by atoms with Crippen molar-refractivity contribution in [2.24, 2.45) is 5.84 Å². The number of hydrogen-bond acceptors (Lipinski definition) is 6. The third kappa shape index (κ3) is 3.58. The van der Waals surface area contributed by atoms with Crippen molar-refractivity contribution in [3.05, 3.63) is 36.0 Å². The number of aryl methyl sites for hydroxylation is 1. The van der Waals surface area contributed by atoms with Gasteiger partial charge < -0.3 is 9.47 Å². The van der Waals surface area contributed by atoms with Crippen molar-refractivity contribution in [2.45, 2.75) is 20.3 Å². The quantitative estimate of drug-likeness (QED) is 0.622. The molecule has 0 spiro atoms. The minimum atomic E-state index is 0.312. The molecule has 1 aromatic carbocycles. The van der Waals surface area contributed by atoms with Crippen LogP contribution in [0.2, 0.25) is 0 Å². The van der Waals surface area contributed by atoms with Gasteiger partial charge in [-0.2, -0.15) is 4.98 Å². The third-order valence-electron chi connectivity index (χ3n) is 2.49. The smallest absolute Gasteiger partial charge is 0.240 e. The lowest BCUT2D eigenvalue weighted by Crippen LogP contribution is -2.11. The number of nitrogens with zero attached hydrogens (tertiary/aromatic N) is 2. The number of hydrogen-bond donors (Lipinski definition) is 2. The number of hydrazine groups is 1. The lowest BCUT2D eigenvalue weighted by Gasteiger charge is -2.12. The minimum Gasteiger partial charge on any atom is -0.490 e. The first-order valence-electron chi connectivity index (χ1n) is 6.45. The summed E-state index contributed by atoms with van der Waals surface area (Å²) in [5, 5.41) is 0. The van der Waals surface area contributed by atoms with Crippen LogP contribution in [0.15, 0.2) is 30.3 Å². The predicted molar refractivity (Wildman–Crippen MR) is 76.9 cm³/mol. The second-order valence-electron chi connectivity index (χ2n) is 4.21. The standard InChI is InChI=1S/C14H18N4O2/c1-3-8-19-11-6-4-5-7-12(11)20-13-9-10(2)16-14(17-13)18-15/h4-7,9H,3,8,15H2,1-2H3,(H,16,17,18). The van der Waals surface area contributed by atoms with Crippen LogP contribution in [0.3, 0.4) is 0 Å². The Hall–Kier alpha value is -2.34. The van der Waals surface area contributed by atoms with Crippen LogP contribution in [0.4, 0.5) is 5.95 Å². The zero-order chi connectivity index (χ0) is 14.4. The molecule has 2 rings (SSSR count). The largest absolute Gasteiger partial charge is 0.490 e. The summed E-state index contributed by atoms with van der Waals surface area (Å²) in [6, 6.07) is 9.21. The summed E-state index contributed by atoms with van der Waals surface area (Å²) >= 11 is 0.